The van der Waals surface area contributed by atoms with E-state index in [1.165, 1.54) is 0 Å². The zero-order valence-corrected chi connectivity index (χ0v) is 15.2. The summed E-state index contributed by atoms with van der Waals surface area (Å²) >= 11 is 6.05. The molecule has 0 heterocycles. The molecule has 134 valence electrons. The zero-order valence-electron chi connectivity index (χ0n) is 14.5. The number of amides is 1. The average Bonchev–Trinajstić information content (AvgIpc) is 2.61. The highest BCUT2D eigenvalue weighted by Crippen LogP contribution is 2.20. The fraction of sp³-hybridized carbons (Fsp3) is 0.316. The zero-order chi connectivity index (χ0) is 18.1. The first-order valence-corrected chi connectivity index (χ1v) is 8.56. The molecule has 0 unspecified atom stereocenters. The lowest BCUT2D eigenvalue weighted by molar-refractivity contribution is -0.114. The molecule has 0 aliphatic heterocycles. The molecule has 0 spiro atoms. The van der Waals surface area contributed by atoms with Crippen LogP contribution in [0.4, 0.5) is 11.4 Å². The highest BCUT2D eigenvalue weighted by molar-refractivity contribution is 6.31. The van der Waals surface area contributed by atoms with E-state index in [0.717, 1.165) is 17.0 Å². The second-order valence-corrected chi connectivity index (χ2v) is 5.84. The maximum Gasteiger partial charge on any atom is 0.243 e. The number of benzene rings is 2. The van der Waals surface area contributed by atoms with Gasteiger partial charge < -0.3 is 20.1 Å². The van der Waals surface area contributed by atoms with Crippen molar-refractivity contribution in [2.45, 2.75) is 13.8 Å². The lowest BCUT2D eigenvalue weighted by Crippen LogP contribution is -2.21. The molecule has 0 bridgehead atoms. The van der Waals surface area contributed by atoms with Crippen LogP contribution in [0, 0.1) is 6.92 Å². The van der Waals surface area contributed by atoms with Crippen molar-refractivity contribution in [2.75, 3.05) is 37.0 Å². The number of halogens is 1. The van der Waals surface area contributed by atoms with Gasteiger partial charge >= 0.3 is 0 Å². The van der Waals surface area contributed by atoms with Gasteiger partial charge in [0.1, 0.15) is 12.4 Å². The van der Waals surface area contributed by atoms with E-state index in [0.29, 0.717) is 30.5 Å². The van der Waals surface area contributed by atoms with Gasteiger partial charge in [-0.15, -0.1) is 0 Å². The van der Waals surface area contributed by atoms with Gasteiger partial charge in [-0.05, 0) is 55.8 Å². The molecule has 0 saturated carbocycles. The van der Waals surface area contributed by atoms with Gasteiger partial charge in [0.2, 0.25) is 5.91 Å². The van der Waals surface area contributed by atoms with E-state index in [2.05, 4.69) is 10.6 Å². The fourth-order valence-electron chi connectivity index (χ4n) is 2.09. The predicted molar refractivity (Wildman–Crippen MR) is 102 cm³/mol. The Balaban J connectivity index is 1.76. The lowest BCUT2D eigenvalue weighted by Gasteiger charge is -2.10. The van der Waals surface area contributed by atoms with Crippen LogP contribution >= 0.6 is 11.6 Å². The van der Waals surface area contributed by atoms with Gasteiger partial charge in [0.05, 0.1) is 13.2 Å². The number of ether oxygens (including phenoxy) is 2. The average molecular weight is 363 g/mol. The van der Waals surface area contributed by atoms with E-state index in [-0.39, 0.29) is 12.5 Å². The summed E-state index contributed by atoms with van der Waals surface area (Å²) in [6.45, 7) is 5.80. The summed E-state index contributed by atoms with van der Waals surface area (Å²) in [6, 6.07) is 12.9. The third-order valence-corrected chi connectivity index (χ3v) is 3.87. The number of hydrogen-bond acceptors (Lipinski definition) is 4. The van der Waals surface area contributed by atoms with Crippen LogP contribution in [0.3, 0.4) is 0 Å². The Morgan fingerprint density at radius 1 is 1.08 bits per heavy atom. The van der Waals surface area contributed by atoms with E-state index >= 15 is 0 Å². The van der Waals surface area contributed by atoms with Crippen LogP contribution < -0.4 is 15.4 Å². The first-order valence-electron chi connectivity index (χ1n) is 8.19. The number of carbonyl (C=O) groups excluding carboxylic acids is 1. The summed E-state index contributed by atoms with van der Waals surface area (Å²) in [6.07, 6.45) is 0. The summed E-state index contributed by atoms with van der Waals surface area (Å²) in [5.41, 5.74) is 2.50. The summed E-state index contributed by atoms with van der Waals surface area (Å²) < 4.78 is 10.8. The van der Waals surface area contributed by atoms with Crippen molar-refractivity contribution in [3.05, 3.63) is 53.1 Å². The number of hydrogen-bond donors (Lipinski definition) is 2. The van der Waals surface area contributed by atoms with Crippen LogP contribution in [0.15, 0.2) is 42.5 Å². The van der Waals surface area contributed by atoms with Crippen LogP contribution in [0.25, 0.3) is 0 Å². The minimum Gasteiger partial charge on any atom is -0.491 e. The van der Waals surface area contributed by atoms with Gasteiger partial charge in [-0.25, -0.2) is 0 Å². The van der Waals surface area contributed by atoms with E-state index in [1.807, 2.05) is 50.2 Å². The largest absolute Gasteiger partial charge is 0.491 e. The topological polar surface area (TPSA) is 59.6 Å². The predicted octanol–water partition coefficient (Wildman–Crippen LogP) is 4.11. The molecule has 0 aliphatic rings. The standard InChI is InChI=1S/C19H23ClN2O3/c1-3-24-10-11-25-17-8-6-15(7-9-17)21-13-19(23)22-16-5-4-14(2)18(20)12-16/h4-9,12,21H,3,10-11,13H2,1-2H3,(H,22,23). The van der Waals surface area contributed by atoms with E-state index in [9.17, 15) is 4.79 Å². The minimum absolute atomic E-state index is 0.142. The number of nitrogens with one attached hydrogen (secondary N) is 2. The van der Waals surface area contributed by atoms with E-state index in [1.54, 1.807) is 6.07 Å². The monoisotopic (exact) mass is 362 g/mol. The first kappa shape index (κ1) is 19.1. The molecule has 0 radical (unpaired) electrons. The molecule has 2 aromatic rings. The molecule has 2 rings (SSSR count). The third-order valence-electron chi connectivity index (χ3n) is 3.46. The van der Waals surface area contributed by atoms with Crippen molar-refractivity contribution in [1.82, 2.24) is 0 Å². The fourth-order valence-corrected chi connectivity index (χ4v) is 2.27. The van der Waals surface area contributed by atoms with Crippen LogP contribution in [-0.2, 0) is 9.53 Å². The van der Waals surface area contributed by atoms with Crippen molar-refractivity contribution in [1.29, 1.82) is 0 Å². The molecule has 0 aliphatic carbocycles. The van der Waals surface area contributed by atoms with Gasteiger partial charge in [-0.2, -0.15) is 0 Å². The molecule has 0 fully saturated rings. The molecule has 5 nitrogen and oxygen atoms in total. The Kier molecular flexibility index (Phi) is 7.57. The Morgan fingerprint density at radius 2 is 1.80 bits per heavy atom. The highest BCUT2D eigenvalue weighted by Gasteiger charge is 2.04. The van der Waals surface area contributed by atoms with Crippen LogP contribution in [-0.4, -0.2) is 32.3 Å². The molecular formula is C19H23ClN2O3. The lowest BCUT2D eigenvalue weighted by atomic mass is 10.2. The van der Waals surface area contributed by atoms with Crippen LogP contribution in [0.5, 0.6) is 5.75 Å². The summed E-state index contributed by atoms with van der Waals surface area (Å²) in [5, 5.41) is 6.51. The third kappa shape index (κ3) is 6.64. The van der Waals surface area contributed by atoms with Gasteiger partial charge in [0.15, 0.2) is 0 Å². The Hall–Kier alpha value is -2.24. The molecule has 0 atom stereocenters. The SMILES string of the molecule is CCOCCOc1ccc(NCC(=O)Nc2ccc(C)c(Cl)c2)cc1. The van der Waals surface area contributed by atoms with E-state index < -0.39 is 0 Å². The molecule has 6 heteroatoms. The van der Waals surface area contributed by atoms with Crippen LogP contribution in [0.1, 0.15) is 12.5 Å². The van der Waals surface area contributed by atoms with Crippen LogP contribution in [0.2, 0.25) is 5.02 Å². The Labute approximate surface area is 153 Å². The van der Waals surface area contributed by atoms with Crippen molar-refractivity contribution in [3.63, 3.8) is 0 Å². The quantitative estimate of drug-likeness (QED) is 0.659. The Bertz CT molecular complexity index is 690. The Morgan fingerprint density at radius 3 is 2.48 bits per heavy atom. The van der Waals surface area contributed by atoms with E-state index in [4.69, 9.17) is 21.1 Å². The van der Waals surface area contributed by atoms with Gasteiger partial charge in [0.25, 0.3) is 0 Å². The number of rotatable bonds is 9. The summed E-state index contributed by atoms with van der Waals surface area (Å²) in [4.78, 5) is 12.0. The molecule has 25 heavy (non-hydrogen) atoms. The van der Waals surface area contributed by atoms with Crippen molar-refractivity contribution in [3.8, 4) is 5.75 Å². The number of carbonyl (C=O) groups is 1. The van der Waals surface area contributed by atoms with Gasteiger partial charge in [-0.3, -0.25) is 4.79 Å². The molecule has 2 aromatic carbocycles. The molecule has 0 saturated heterocycles. The van der Waals surface area contributed by atoms with Gasteiger partial charge in [0, 0.05) is 23.0 Å². The highest BCUT2D eigenvalue weighted by atomic mass is 35.5. The van der Waals surface area contributed by atoms with Crippen molar-refractivity contribution >= 4 is 28.9 Å². The van der Waals surface area contributed by atoms with Gasteiger partial charge in [-0.1, -0.05) is 17.7 Å². The van der Waals surface area contributed by atoms with Crippen molar-refractivity contribution in [2.24, 2.45) is 0 Å². The minimum atomic E-state index is -0.142. The molecular weight excluding hydrogens is 340 g/mol. The maximum atomic E-state index is 12.0. The summed E-state index contributed by atoms with van der Waals surface area (Å²) in [5.74, 6) is 0.626. The molecule has 0 aromatic heterocycles. The molecule has 1 amide bonds. The van der Waals surface area contributed by atoms with Crippen molar-refractivity contribution < 1.29 is 14.3 Å². The normalized spacial score (nSPS) is 10.4. The second kappa shape index (κ2) is 9.91. The smallest absolute Gasteiger partial charge is 0.243 e. The first-order chi connectivity index (χ1) is 12.1. The second-order valence-electron chi connectivity index (χ2n) is 5.44. The number of aryl methyl sites for hydroxylation is 1. The number of anilines is 2. The molecule has 2 N–H and O–H groups in total. The summed E-state index contributed by atoms with van der Waals surface area (Å²) in [7, 11) is 0. The maximum absolute atomic E-state index is 12.0.